The molecule has 74 valence electrons. The standard InChI is InChI=1S/C11H11ClOS/c1-2-13-6-8-7-14-11-5-9(12)3-4-10(8)11/h3-5,7H,2,6H2,1H3. The second-order valence-electron chi connectivity index (χ2n) is 3.04. The third-order valence-electron chi connectivity index (χ3n) is 2.08. The first kappa shape index (κ1) is 9.97. The summed E-state index contributed by atoms with van der Waals surface area (Å²) in [7, 11) is 0. The van der Waals surface area contributed by atoms with E-state index in [0.717, 1.165) is 11.6 Å². The van der Waals surface area contributed by atoms with Crippen LogP contribution in [0.5, 0.6) is 0 Å². The smallest absolute Gasteiger partial charge is 0.0730 e. The molecule has 1 aromatic heterocycles. The Bertz CT molecular complexity index is 436. The normalized spacial score (nSPS) is 11.0. The Hall–Kier alpha value is -0.570. The van der Waals surface area contributed by atoms with E-state index in [0.29, 0.717) is 6.61 Å². The largest absolute Gasteiger partial charge is 0.377 e. The second kappa shape index (κ2) is 4.30. The third-order valence-corrected chi connectivity index (χ3v) is 3.31. The Morgan fingerprint density at radius 3 is 3.07 bits per heavy atom. The molecule has 0 aliphatic rings. The molecule has 0 unspecified atom stereocenters. The van der Waals surface area contributed by atoms with Crippen LogP contribution in [0.4, 0.5) is 0 Å². The van der Waals surface area contributed by atoms with Crippen LogP contribution in [-0.4, -0.2) is 6.61 Å². The van der Waals surface area contributed by atoms with Crippen LogP contribution >= 0.6 is 22.9 Å². The van der Waals surface area contributed by atoms with Crippen LogP contribution in [0.15, 0.2) is 23.6 Å². The minimum absolute atomic E-state index is 0.693. The summed E-state index contributed by atoms with van der Waals surface area (Å²) in [5.74, 6) is 0. The van der Waals surface area contributed by atoms with Gasteiger partial charge in [0.05, 0.1) is 6.61 Å². The molecule has 0 radical (unpaired) electrons. The fourth-order valence-electron chi connectivity index (χ4n) is 1.38. The number of hydrogen-bond donors (Lipinski definition) is 0. The van der Waals surface area contributed by atoms with E-state index in [1.54, 1.807) is 11.3 Å². The summed E-state index contributed by atoms with van der Waals surface area (Å²) in [6.07, 6.45) is 0. The Labute approximate surface area is 92.3 Å². The lowest BCUT2D eigenvalue weighted by atomic mass is 10.2. The van der Waals surface area contributed by atoms with Crippen LogP contribution in [0.25, 0.3) is 10.1 Å². The summed E-state index contributed by atoms with van der Waals surface area (Å²) in [5, 5.41) is 4.19. The predicted octanol–water partition coefficient (Wildman–Crippen LogP) is 4.09. The summed E-state index contributed by atoms with van der Waals surface area (Å²) in [5.41, 5.74) is 1.25. The van der Waals surface area contributed by atoms with Crippen LogP contribution in [0.2, 0.25) is 5.02 Å². The average Bonchev–Trinajstić information content (AvgIpc) is 2.57. The summed E-state index contributed by atoms with van der Waals surface area (Å²) in [4.78, 5) is 0. The first-order valence-electron chi connectivity index (χ1n) is 4.54. The van der Waals surface area contributed by atoms with Crippen LogP contribution < -0.4 is 0 Å². The molecule has 0 aliphatic carbocycles. The van der Waals surface area contributed by atoms with Gasteiger partial charge in [-0.2, -0.15) is 0 Å². The number of rotatable bonds is 3. The Balaban J connectivity index is 2.37. The Morgan fingerprint density at radius 2 is 2.29 bits per heavy atom. The number of thiophene rings is 1. The quantitative estimate of drug-likeness (QED) is 0.766. The van der Waals surface area contributed by atoms with Crippen LogP contribution in [0.1, 0.15) is 12.5 Å². The van der Waals surface area contributed by atoms with Gasteiger partial charge in [-0.1, -0.05) is 17.7 Å². The minimum atomic E-state index is 0.693. The van der Waals surface area contributed by atoms with Crippen molar-refractivity contribution in [2.75, 3.05) is 6.61 Å². The molecule has 0 amide bonds. The van der Waals surface area contributed by atoms with Crippen molar-refractivity contribution < 1.29 is 4.74 Å². The lowest BCUT2D eigenvalue weighted by Gasteiger charge is -1.99. The number of halogens is 1. The molecular weight excluding hydrogens is 216 g/mol. The van der Waals surface area contributed by atoms with Crippen molar-refractivity contribution in [2.45, 2.75) is 13.5 Å². The molecule has 0 aliphatic heterocycles. The van der Waals surface area contributed by atoms with Crippen molar-refractivity contribution in [3.05, 3.63) is 34.2 Å². The molecule has 14 heavy (non-hydrogen) atoms. The molecule has 0 N–H and O–H groups in total. The monoisotopic (exact) mass is 226 g/mol. The van der Waals surface area contributed by atoms with Crippen molar-refractivity contribution in [3.8, 4) is 0 Å². The second-order valence-corrected chi connectivity index (χ2v) is 4.39. The van der Waals surface area contributed by atoms with Gasteiger partial charge < -0.3 is 4.74 Å². The van der Waals surface area contributed by atoms with Crippen molar-refractivity contribution in [1.82, 2.24) is 0 Å². The van der Waals surface area contributed by atoms with Gasteiger partial charge >= 0.3 is 0 Å². The predicted molar refractivity (Wildman–Crippen MR) is 62.2 cm³/mol. The van der Waals surface area contributed by atoms with Gasteiger partial charge in [-0.05, 0) is 35.4 Å². The van der Waals surface area contributed by atoms with E-state index in [2.05, 4.69) is 11.4 Å². The van der Waals surface area contributed by atoms with Gasteiger partial charge in [0.2, 0.25) is 0 Å². The zero-order valence-electron chi connectivity index (χ0n) is 7.92. The highest BCUT2D eigenvalue weighted by atomic mass is 35.5. The highest BCUT2D eigenvalue weighted by Gasteiger charge is 2.03. The van der Waals surface area contributed by atoms with Crippen LogP contribution in [0.3, 0.4) is 0 Å². The fraction of sp³-hybridized carbons (Fsp3) is 0.273. The maximum Gasteiger partial charge on any atom is 0.0730 e. The Morgan fingerprint density at radius 1 is 1.43 bits per heavy atom. The number of fused-ring (bicyclic) bond motifs is 1. The number of benzene rings is 1. The molecule has 1 heterocycles. The van der Waals surface area contributed by atoms with Crippen LogP contribution in [-0.2, 0) is 11.3 Å². The maximum atomic E-state index is 5.91. The molecule has 0 fully saturated rings. The van der Waals surface area contributed by atoms with Crippen molar-refractivity contribution in [1.29, 1.82) is 0 Å². The van der Waals surface area contributed by atoms with Gasteiger partial charge in [0.25, 0.3) is 0 Å². The molecule has 1 aromatic carbocycles. The van der Waals surface area contributed by atoms with Gasteiger partial charge in [-0.25, -0.2) is 0 Å². The van der Waals surface area contributed by atoms with E-state index in [1.807, 2.05) is 19.1 Å². The summed E-state index contributed by atoms with van der Waals surface area (Å²) >= 11 is 7.62. The van der Waals surface area contributed by atoms with Gasteiger partial charge in [0.1, 0.15) is 0 Å². The molecule has 0 saturated carbocycles. The SMILES string of the molecule is CCOCc1csc2cc(Cl)ccc12. The minimum Gasteiger partial charge on any atom is -0.377 e. The van der Waals surface area contributed by atoms with Crippen molar-refractivity contribution in [3.63, 3.8) is 0 Å². The molecule has 1 nitrogen and oxygen atoms in total. The van der Waals surface area contributed by atoms with Gasteiger partial charge in [0, 0.05) is 16.3 Å². The topological polar surface area (TPSA) is 9.23 Å². The van der Waals surface area contributed by atoms with Crippen molar-refractivity contribution >= 4 is 33.0 Å². The third kappa shape index (κ3) is 1.92. The zero-order valence-corrected chi connectivity index (χ0v) is 9.49. The highest BCUT2D eigenvalue weighted by Crippen LogP contribution is 2.28. The summed E-state index contributed by atoms with van der Waals surface area (Å²) in [6.45, 7) is 3.45. The molecule has 0 bridgehead atoms. The first-order chi connectivity index (χ1) is 6.81. The number of ether oxygens (including phenoxy) is 1. The molecule has 0 saturated heterocycles. The molecule has 0 spiro atoms. The zero-order chi connectivity index (χ0) is 9.97. The summed E-state index contributed by atoms with van der Waals surface area (Å²) in [6, 6.07) is 5.98. The van der Waals surface area contributed by atoms with Gasteiger partial charge in [-0.3, -0.25) is 0 Å². The van der Waals surface area contributed by atoms with E-state index in [-0.39, 0.29) is 0 Å². The first-order valence-corrected chi connectivity index (χ1v) is 5.80. The maximum absolute atomic E-state index is 5.91. The highest BCUT2D eigenvalue weighted by molar-refractivity contribution is 7.17. The molecule has 2 aromatic rings. The lowest BCUT2D eigenvalue weighted by molar-refractivity contribution is 0.135. The number of hydrogen-bond acceptors (Lipinski definition) is 2. The van der Waals surface area contributed by atoms with Crippen LogP contribution in [0, 0.1) is 0 Å². The van der Waals surface area contributed by atoms with E-state index < -0.39 is 0 Å². The van der Waals surface area contributed by atoms with E-state index in [9.17, 15) is 0 Å². The summed E-state index contributed by atoms with van der Waals surface area (Å²) < 4.78 is 6.62. The van der Waals surface area contributed by atoms with Gasteiger partial charge in [0.15, 0.2) is 0 Å². The van der Waals surface area contributed by atoms with E-state index >= 15 is 0 Å². The van der Waals surface area contributed by atoms with Gasteiger partial charge in [-0.15, -0.1) is 11.3 Å². The van der Waals surface area contributed by atoms with Crippen molar-refractivity contribution in [2.24, 2.45) is 0 Å². The lowest BCUT2D eigenvalue weighted by Crippen LogP contribution is -1.89. The average molecular weight is 227 g/mol. The molecular formula is C11H11ClOS. The fourth-order valence-corrected chi connectivity index (χ4v) is 2.60. The Kier molecular flexibility index (Phi) is 3.06. The molecule has 0 atom stereocenters. The molecule has 2 rings (SSSR count). The van der Waals surface area contributed by atoms with E-state index in [1.165, 1.54) is 15.6 Å². The molecule has 3 heteroatoms. The van der Waals surface area contributed by atoms with E-state index in [4.69, 9.17) is 16.3 Å².